The summed E-state index contributed by atoms with van der Waals surface area (Å²) >= 11 is 4.15. The second-order valence-electron chi connectivity index (χ2n) is 1.98. The Bertz CT molecular complexity index is 50.0. The average Bonchev–Trinajstić information content (AvgIpc) is 2.14. The van der Waals surface area contributed by atoms with Crippen LogP contribution in [0.2, 0.25) is 0 Å². The van der Waals surface area contributed by atoms with Crippen molar-refractivity contribution >= 4 is 12.6 Å². The molecule has 7 heavy (non-hydrogen) atoms. The van der Waals surface area contributed by atoms with Crippen LogP contribution in [0.1, 0.15) is 12.8 Å². The molecule has 0 aromatic rings. The molecule has 0 spiro atoms. The van der Waals surface area contributed by atoms with Gasteiger partial charge in [0.2, 0.25) is 0 Å². The van der Waals surface area contributed by atoms with Crippen molar-refractivity contribution in [3.8, 4) is 0 Å². The Morgan fingerprint density at radius 2 is 2.57 bits per heavy atom. The van der Waals surface area contributed by atoms with Crippen molar-refractivity contribution in [2.45, 2.75) is 18.9 Å². The highest BCUT2D eigenvalue weighted by atomic mass is 32.1. The van der Waals surface area contributed by atoms with Crippen molar-refractivity contribution < 1.29 is 0 Å². The monoisotopic (exact) mass is 117 g/mol. The molecule has 1 aliphatic rings. The van der Waals surface area contributed by atoms with Crippen LogP contribution < -0.4 is 5.32 Å². The first kappa shape index (κ1) is 5.45. The number of hydrogen-bond donors (Lipinski definition) is 2. The van der Waals surface area contributed by atoms with Gasteiger partial charge in [-0.05, 0) is 19.4 Å². The van der Waals surface area contributed by atoms with E-state index in [0.29, 0.717) is 6.04 Å². The van der Waals surface area contributed by atoms with Crippen molar-refractivity contribution in [1.29, 1.82) is 0 Å². The lowest BCUT2D eigenvalue weighted by Gasteiger charge is -2.01. The van der Waals surface area contributed by atoms with Crippen LogP contribution in [-0.4, -0.2) is 18.3 Å². The van der Waals surface area contributed by atoms with Crippen LogP contribution in [0, 0.1) is 0 Å². The van der Waals surface area contributed by atoms with Crippen LogP contribution in [0.5, 0.6) is 0 Å². The highest BCUT2D eigenvalue weighted by molar-refractivity contribution is 7.80. The fourth-order valence-electron chi connectivity index (χ4n) is 0.913. The van der Waals surface area contributed by atoms with E-state index in [1.165, 1.54) is 19.4 Å². The van der Waals surface area contributed by atoms with Crippen molar-refractivity contribution in [3.63, 3.8) is 0 Å². The van der Waals surface area contributed by atoms with Gasteiger partial charge in [0.05, 0.1) is 0 Å². The number of hydrogen-bond acceptors (Lipinski definition) is 2. The minimum Gasteiger partial charge on any atom is -0.313 e. The summed E-state index contributed by atoms with van der Waals surface area (Å²) in [4.78, 5) is 0. The molecular formula is C5H11NS. The van der Waals surface area contributed by atoms with Crippen molar-refractivity contribution in [2.75, 3.05) is 12.3 Å². The van der Waals surface area contributed by atoms with Gasteiger partial charge < -0.3 is 5.32 Å². The molecule has 1 rings (SSSR count). The molecule has 1 N–H and O–H groups in total. The Labute approximate surface area is 49.9 Å². The Kier molecular flexibility index (Phi) is 2.00. The second kappa shape index (κ2) is 2.58. The van der Waals surface area contributed by atoms with E-state index < -0.39 is 0 Å². The molecule has 1 unspecified atom stereocenters. The van der Waals surface area contributed by atoms with Gasteiger partial charge in [-0.2, -0.15) is 12.6 Å². The SMILES string of the molecule is SCC1CCCN1. The largest absolute Gasteiger partial charge is 0.313 e. The Morgan fingerprint density at radius 1 is 1.71 bits per heavy atom. The Hall–Kier alpha value is 0.310. The van der Waals surface area contributed by atoms with Crippen LogP contribution in [-0.2, 0) is 0 Å². The van der Waals surface area contributed by atoms with Gasteiger partial charge >= 0.3 is 0 Å². The molecule has 0 aromatic carbocycles. The molecule has 0 aliphatic carbocycles. The zero-order valence-corrected chi connectivity index (χ0v) is 5.25. The van der Waals surface area contributed by atoms with Crippen LogP contribution in [0.3, 0.4) is 0 Å². The fraction of sp³-hybridized carbons (Fsp3) is 1.00. The smallest absolute Gasteiger partial charge is 0.0156 e. The van der Waals surface area contributed by atoms with Gasteiger partial charge in [0.25, 0.3) is 0 Å². The van der Waals surface area contributed by atoms with Crippen molar-refractivity contribution in [1.82, 2.24) is 5.32 Å². The lowest BCUT2D eigenvalue weighted by Crippen LogP contribution is -2.22. The maximum atomic E-state index is 4.15. The van der Waals surface area contributed by atoms with Crippen molar-refractivity contribution in [2.24, 2.45) is 0 Å². The first-order chi connectivity index (χ1) is 3.43. The van der Waals surface area contributed by atoms with E-state index in [-0.39, 0.29) is 0 Å². The van der Waals surface area contributed by atoms with Gasteiger partial charge in [-0.25, -0.2) is 0 Å². The molecule has 1 nitrogen and oxygen atoms in total. The third kappa shape index (κ3) is 1.35. The number of rotatable bonds is 1. The summed E-state index contributed by atoms with van der Waals surface area (Å²) in [6.45, 7) is 1.20. The van der Waals surface area contributed by atoms with E-state index in [2.05, 4.69) is 17.9 Å². The lowest BCUT2D eigenvalue weighted by atomic mass is 10.3. The zero-order chi connectivity index (χ0) is 5.11. The highest BCUT2D eigenvalue weighted by Crippen LogP contribution is 2.04. The maximum absolute atomic E-state index is 4.15. The molecule has 0 radical (unpaired) electrons. The summed E-state index contributed by atoms with van der Waals surface area (Å²) < 4.78 is 0. The molecule has 1 aliphatic heterocycles. The molecule has 0 amide bonds. The summed E-state index contributed by atoms with van der Waals surface area (Å²) in [5, 5.41) is 3.33. The topological polar surface area (TPSA) is 12.0 Å². The number of thiol groups is 1. The van der Waals surface area contributed by atoms with Gasteiger partial charge in [0, 0.05) is 11.8 Å². The van der Waals surface area contributed by atoms with Gasteiger partial charge in [0.15, 0.2) is 0 Å². The van der Waals surface area contributed by atoms with Gasteiger partial charge in [-0.15, -0.1) is 0 Å². The Balaban J connectivity index is 2.14. The van der Waals surface area contributed by atoms with Gasteiger partial charge in [-0.1, -0.05) is 0 Å². The second-order valence-corrected chi connectivity index (χ2v) is 2.34. The van der Waals surface area contributed by atoms with E-state index in [1.807, 2.05) is 0 Å². The molecule has 0 aromatic heterocycles. The zero-order valence-electron chi connectivity index (χ0n) is 4.35. The molecule has 0 bridgehead atoms. The molecule has 1 atom stereocenters. The van der Waals surface area contributed by atoms with E-state index in [4.69, 9.17) is 0 Å². The summed E-state index contributed by atoms with van der Waals surface area (Å²) in [5.41, 5.74) is 0. The summed E-state index contributed by atoms with van der Waals surface area (Å²) in [5.74, 6) is 1.00. The van der Waals surface area contributed by atoms with Gasteiger partial charge in [-0.3, -0.25) is 0 Å². The summed E-state index contributed by atoms with van der Waals surface area (Å²) in [7, 11) is 0. The van der Waals surface area contributed by atoms with Crippen LogP contribution in [0.4, 0.5) is 0 Å². The van der Waals surface area contributed by atoms with Crippen LogP contribution in [0.15, 0.2) is 0 Å². The molecular weight excluding hydrogens is 106 g/mol. The van der Waals surface area contributed by atoms with E-state index >= 15 is 0 Å². The fourth-order valence-corrected chi connectivity index (χ4v) is 1.22. The standard InChI is InChI=1S/C5H11NS/c7-4-5-2-1-3-6-5/h5-7H,1-4H2. The first-order valence-electron chi connectivity index (χ1n) is 2.77. The Morgan fingerprint density at radius 3 is 2.86 bits per heavy atom. The molecule has 1 heterocycles. The predicted octanol–water partition coefficient (Wildman–Crippen LogP) is 0.668. The van der Waals surface area contributed by atoms with E-state index in [9.17, 15) is 0 Å². The quantitative estimate of drug-likeness (QED) is 0.481. The van der Waals surface area contributed by atoms with Crippen molar-refractivity contribution in [3.05, 3.63) is 0 Å². The molecule has 0 saturated carbocycles. The molecule has 1 fully saturated rings. The van der Waals surface area contributed by atoms with E-state index in [1.54, 1.807) is 0 Å². The lowest BCUT2D eigenvalue weighted by molar-refractivity contribution is 0.675. The highest BCUT2D eigenvalue weighted by Gasteiger charge is 2.10. The predicted molar refractivity (Wildman–Crippen MR) is 34.9 cm³/mol. The third-order valence-electron chi connectivity index (χ3n) is 1.38. The normalized spacial score (nSPS) is 31.3. The van der Waals surface area contributed by atoms with Crippen LogP contribution >= 0.6 is 12.6 Å². The summed E-state index contributed by atoms with van der Waals surface area (Å²) in [6.07, 6.45) is 2.66. The maximum Gasteiger partial charge on any atom is 0.0156 e. The molecule has 42 valence electrons. The molecule has 2 heteroatoms. The van der Waals surface area contributed by atoms with Crippen LogP contribution in [0.25, 0.3) is 0 Å². The average molecular weight is 117 g/mol. The summed E-state index contributed by atoms with van der Waals surface area (Å²) in [6, 6.07) is 0.711. The van der Waals surface area contributed by atoms with E-state index in [0.717, 1.165) is 5.75 Å². The van der Waals surface area contributed by atoms with Gasteiger partial charge in [0.1, 0.15) is 0 Å². The number of nitrogens with one attached hydrogen (secondary N) is 1. The minimum atomic E-state index is 0.711. The minimum absolute atomic E-state index is 0.711. The third-order valence-corrected chi connectivity index (χ3v) is 1.82. The molecule has 1 saturated heterocycles. The first-order valence-corrected chi connectivity index (χ1v) is 3.41.